The number of sulfonamides is 1. The maximum Gasteiger partial charge on any atom is 0.306 e. The van der Waals surface area contributed by atoms with Gasteiger partial charge in [-0.2, -0.15) is 4.31 Å². The average molecular weight is 264 g/mol. The quantitative estimate of drug-likeness (QED) is 0.623. The van der Waals surface area contributed by atoms with E-state index in [-0.39, 0.29) is 37.8 Å². The summed E-state index contributed by atoms with van der Waals surface area (Å²) in [5.74, 6) is -1.19. The van der Waals surface area contributed by atoms with Crippen molar-refractivity contribution in [3.05, 3.63) is 0 Å². The number of hydrogen-bond donors (Lipinski definition) is 1. The topological polar surface area (TPSA) is 92.8 Å². The summed E-state index contributed by atoms with van der Waals surface area (Å²) in [6.45, 7) is 2.26. The number of rotatable bonds is 5. The molecule has 1 heterocycles. The molecular formula is C9H16N2O5S. The number of carbonyl (C=O) groups excluding carboxylic acids is 2. The maximum absolute atomic E-state index is 11.8. The Morgan fingerprint density at radius 1 is 1.53 bits per heavy atom. The smallest absolute Gasteiger partial charge is 0.306 e. The molecule has 0 radical (unpaired) electrons. The summed E-state index contributed by atoms with van der Waals surface area (Å²) in [6.07, 6.45) is -0.186. The Labute approximate surface area is 100 Å². The Morgan fingerprint density at radius 3 is 2.82 bits per heavy atom. The van der Waals surface area contributed by atoms with Crippen LogP contribution in [0.2, 0.25) is 0 Å². The molecule has 1 N–H and O–H groups in total. The van der Waals surface area contributed by atoms with E-state index in [0.717, 1.165) is 4.31 Å². The van der Waals surface area contributed by atoms with E-state index in [0.29, 0.717) is 6.54 Å². The molecule has 7 nitrogen and oxygen atoms in total. The Morgan fingerprint density at radius 2 is 2.24 bits per heavy atom. The first-order valence-corrected chi connectivity index (χ1v) is 6.97. The summed E-state index contributed by atoms with van der Waals surface area (Å²) < 4.78 is 29.3. The van der Waals surface area contributed by atoms with Crippen molar-refractivity contribution in [2.45, 2.75) is 13.3 Å². The highest BCUT2D eigenvalue weighted by Gasteiger charge is 2.27. The molecule has 1 fully saturated rings. The van der Waals surface area contributed by atoms with Gasteiger partial charge in [0, 0.05) is 13.1 Å². The van der Waals surface area contributed by atoms with Gasteiger partial charge in [0.1, 0.15) is 0 Å². The largest absolute Gasteiger partial charge is 0.466 e. The summed E-state index contributed by atoms with van der Waals surface area (Å²) in [4.78, 5) is 22.1. The molecule has 0 spiro atoms. The monoisotopic (exact) mass is 264 g/mol. The summed E-state index contributed by atoms with van der Waals surface area (Å²) in [6, 6.07) is 0. The predicted molar refractivity (Wildman–Crippen MR) is 59.6 cm³/mol. The number of carbonyl (C=O) groups is 2. The number of esters is 1. The molecule has 1 aliphatic rings. The Bertz CT molecular complexity index is 392. The zero-order valence-electron chi connectivity index (χ0n) is 9.64. The lowest BCUT2D eigenvalue weighted by Crippen LogP contribution is -2.50. The molecule has 1 aliphatic heterocycles. The molecule has 0 bridgehead atoms. The molecule has 0 atom stereocenters. The van der Waals surface area contributed by atoms with Crippen molar-refractivity contribution in [1.82, 2.24) is 9.62 Å². The number of nitrogens with zero attached hydrogens (tertiary/aromatic N) is 1. The van der Waals surface area contributed by atoms with Crippen LogP contribution < -0.4 is 5.32 Å². The fraction of sp³-hybridized carbons (Fsp3) is 0.778. The summed E-state index contributed by atoms with van der Waals surface area (Å²) in [5, 5.41) is 2.53. The molecule has 1 amide bonds. The minimum absolute atomic E-state index is 0.175. The van der Waals surface area contributed by atoms with Crippen LogP contribution in [-0.2, 0) is 24.3 Å². The molecule has 8 heteroatoms. The van der Waals surface area contributed by atoms with Gasteiger partial charge >= 0.3 is 5.97 Å². The lowest BCUT2D eigenvalue weighted by atomic mass is 10.4. The summed E-state index contributed by atoms with van der Waals surface area (Å²) in [7, 11) is -3.56. The van der Waals surface area contributed by atoms with E-state index < -0.39 is 16.0 Å². The van der Waals surface area contributed by atoms with E-state index in [9.17, 15) is 18.0 Å². The van der Waals surface area contributed by atoms with Crippen LogP contribution in [0.25, 0.3) is 0 Å². The van der Waals surface area contributed by atoms with Gasteiger partial charge in [0.15, 0.2) is 0 Å². The van der Waals surface area contributed by atoms with E-state index >= 15 is 0 Å². The van der Waals surface area contributed by atoms with Crippen LogP contribution in [0.5, 0.6) is 0 Å². The number of nitrogens with one attached hydrogen (secondary N) is 1. The molecule has 0 aromatic heterocycles. The lowest BCUT2D eigenvalue weighted by molar-refractivity contribution is -0.142. The Hall–Kier alpha value is -1.15. The first-order chi connectivity index (χ1) is 7.95. The third kappa shape index (κ3) is 4.31. The molecule has 0 aliphatic carbocycles. The number of amides is 1. The number of ether oxygens (including phenoxy) is 1. The molecular weight excluding hydrogens is 248 g/mol. The van der Waals surface area contributed by atoms with Crippen molar-refractivity contribution in [3.8, 4) is 0 Å². The lowest BCUT2D eigenvalue weighted by Gasteiger charge is -2.25. The van der Waals surface area contributed by atoms with E-state index in [4.69, 9.17) is 0 Å². The van der Waals surface area contributed by atoms with Crippen molar-refractivity contribution in [2.24, 2.45) is 0 Å². The first kappa shape index (κ1) is 13.9. The van der Waals surface area contributed by atoms with Gasteiger partial charge in [-0.3, -0.25) is 9.59 Å². The highest BCUT2D eigenvalue weighted by atomic mass is 32.2. The fourth-order valence-corrected chi connectivity index (χ4v) is 2.79. The van der Waals surface area contributed by atoms with Gasteiger partial charge in [-0.1, -0.05) is 0 Å². The molecule has 0 unspecified atom stereocenters. The standard InChI is InChI=1S/C9H16N2O5S/c1-2-16-9(13)3-6-17(14,15)11-5-4-10-8(12)7-11/h2-7H2,1H3,(H,10,12). The highest BCUT2D eigenvalue weighted by Crippen LogP contribution is 2.06. The summed E-state index contributed by atoms with van der Waals surface area (Å²) in [5.41, 5.74) is 0. The zero-order chi connectivity index (χ0) is 12.9. The number of piperazine rings is 1. The second kappa shape index (κ2) is 5.97. The summed E-state index contributed by atoms with van der Waals surface area (Å²) >= 11 is 0. The molecule has 1 saturated heterocycles. The molecule has 0 aromatic carbocycles. The van der Waals surface area contributed by atoms with Gasteiger partial charge in [-0.05, 0) is 6.92 Å². The van der Waals surface area contributed by atoms with Crippen LogP contribution in [0.4, 0.5) is 0 Å². The van der Waals surface area contributed by atoms with Gasteiger partial charge < -0.3 is 10.1 Å². The van der Waals surface area contributed by atoms with Gasteiger partial charge in [0.25, 0.3) is 0 Å². The van der Waals surface area contributed by atoms with Gasteiger partial charge in [0.2, 0.25) is 15.9 Å². The predicted octanol–water partition coefficient (Wildman–Crippen LogP) is -1.30. The Kier molecular flexibility index (Phi) is 4.88. The van der Waals surface area contributed by atoms with E-state index in [1.165, 1.54) is 0 Å². The molecule has 0 aromatic rings. The SMILES string of the molecule is CCOC(=O)CCS(=O)(=O)N1CCNC(=O)C1. The first-order valence-electron chi connectivity index (χ1n) is 5.36. The van der Waals surface area contributed by atoms with Crippen LogP contribution in [0.1, 0.15) is 13.3 Å². The second-order valence-electron chi connectivity index (χ2n) is 3.55. The van der Waals surface area contributed by atoms with Crippen molar-refractivity contribution in [2.75, 3.05) is 32.0 Å². The maximum atomic E-state index is 11.8. The molecule has 1 rings (SSSR count). The van der Waals surface area contributed by atoms with Crippen molar-refractivity contribution >= 4 is 21.9 Å². The Balaban J connectivity index is 2.50. The van der Waals surface area contributed by atoms with E-state index in [1.54, 1.807) is 6.92 Å². The highest BCUT2D eigenvalue weighted by molar-refractivity contribution is 7.89. The van der Waals surface area contributed by atoms with Crippen LogP contribution in [0.15, 0.2) is 0 Å². The van der Waals surface area contributed by atoms with Crippen LogP contribution in [-0.4, -0.2) is 56.6 Å². The van der Waals surface area contributed by atoms with Gasteiger partial charge in [0.05, 0.1) is 25.3 Å². The zero-order valence-corrected chi connectivity index (χ0v) is 10.5. The normalized spacial score (nSPS) is 17.6. The van der Waals surface area contributed by atoms with Crippen molar-refractivity contribution in [1.29, 1.82) is 0 Å². The van der Waals surface area contributed by atoms with Gasteiger partial charge in [-0.25, -0.2) is 8.42 Å². The average Bonchev–Trinajstić information content (AvgIpc) is 2.27. The van der Waals surface area contributed by atoms with Crippen LogP contribution in [0, 0.1) is 0 Å². The molecule has 0 saturated carbocycles. The van der Waals surface area contributed by atoms with Crippen LogP contribution in [0.3, 0.4) is 0 Å². The third-order valence-corrected chi connectivity index (χ3v) is 4.08. The minimum Gasteiger partial charge on any atom is -0.466 e. The van der Waals surface area contributed by atoms with E-state index in [1.807, 2.05) is 0 Å². The third-order valence-electron chi connectivity index (χ3n) is 2.27. The number of hydrogen-bond acceptors (Lipinski definition) is 5. The second-order valence-corrected chi connectivity index (χ2v) is 5.64. The van der Waals surface area contributed by atoms with Crippen molar-refractivity contribution in [3.63, 3.8) is 0 Å². The van der Waals surface area contributed by atoms with E-state index in [2.05, 4.69) is 10.1 Å². The molecule has 17 heavy (non-hydrogen) atoms. The van der Waals surface area contributed by atoms with Crippen molar-refractivity contribution < 1.29 is 22.7 Å². The van der Waals surface area contributed by atoms with Crippen LogP contribution >= 0.6 is 0 Å². The fourth-order valence-electron chi connectivity index (χ4n) is 1.43. The minimum atomic E-state index is -3.56. The molecule has 98 valence electrons. The van der Waals surface area contributed by atoms with Gasteiger partial charge in [-0.15, -0.1) is 0 Å².